The largest absolute Gasteiger partial charge is 0.325 e. The highest BCUT2D eigenvalue weighted by Crippen LogP contribution is 2.30. The predicted octanol–water partition coefficient (Wildman–Crippen LogP) is 3.81. The van der Waals surface area contributed by atoms with Crippen LogP contribution in [-0.4, -0.2) is 34.1 Å². The first-order valence-corrected chi connectivity index (χ1v) is 9.45. The Kier molecular flexibility index (Phi) is 5.38. The summed E-state index contributed by atoms with van der Waals surface area (Å²) in [7, 11) is 0. The van der Waals surface area contributed by atoms with Gasteiger partial charge in [-0.25, -0.2) is 4.79 Å². The first-order chi connectivity index (χ1) is 12.8. The summed E-state index contributed by atoms with van der Waals surface area (Å²) in [6.07, 6.45) is 0. The fourth-order valence-corrected chi connectivity index (χ4v) is 3.76. The molecule has 0 aromatic heterocycles. The molecule has 1 fully saturated rings. The Bertz CT molecular complexity index is 888. The zero-order valence-corrected chi connectivity index (χ0v) is 15.9. The van der Waals surface area contributed by atoms with Gasteiger partial charge in [-0.05, 0) is 48.9 Å². The van der Waals surface area contributed by atoms with E-state index in [1.165, 1.54) is 40.9 Å². The molecule has 1 atom stereocenters. The lowest BCUT2D eigenvalue weighted by molar-refractivity contribution is -0.384. The summed E-state index contributed by atoms with van der Waals surface area (Å²) in [6.45, 7) is 1.85. The van der Waals surface area contributed by atoms with Crippen LogP contribution in [0.1, 0.15) is 12.5 Å². The number of carbonyl (C=O) groups excluding carboxylic acids is 2. The zero-order chi connectivity index (χ0) is 19.6. The van der Waals surface area contributed by atoms with Crippen molar-refractivity contribution in [2.24, 2.45) is 0 Å². The van der Waals surface area contributed by atoms with Crippen molar-refractivity contribution in [2.45, 2.75) is 17.4 Å². The molecule has 2 aromatic carbocycles. The summed E-state index contributed by atoms with van der Waals surface area (Å²) >= 11 is 7.37. The number of benzene rings is 2. The van der Waals surface area contributed by atoms with Gasteiger partial charge in [-0.3, -0.25) is 19.8 Å². The topological polar surface area (TPSA) is 92.6 Å². The number of non-ortho nitro benzene ring substituents is 1. The number of urea groups is 1. The zero-order valence-electron chi connectivity index (χ0n) is 14.3. The second-order valence-electron chi connectivity index (χ2n) is 6.12. The number of carbonyl (C=O) groups is 2. The molecule has 1 saturated heterocycles. The number of nitrogens with zero attached hydrogens (tertiary/aromatic N) is 2. The molecule has 1 N–H and O–H groups in total. The van der Waals surface area contributed by atoms with Crippen molar-refractivity contribution in [3.8, 4) is 0 Å². The summed E-state index contributed by atoms with van der Waals surface area (Å²) < 4.78 is 0. The molecule has 2 aromatic rings. The monoisotopic (exact) mass is 405 g/mol. The van der Waals surface area contributed by atoms with E-state index in [0.717, 1.165) is 4.90 Å². The van der Waals surface area contributed by atoms with Crippen molar-refractivity contribution in [1.29, 1.82) is 0 Å². The van der Waals surface area contributed by atoms with Crippen LogP contribution in [0.5, 0.6) is 0 Å². The molecule has 27 heavy (non-hydrogen) atoms. The number of nitro groups is 1. The normalized spacial score (nSPS) is 19.3. The summed E-state index contributed by atoms with van der Waals surface area (Å²) in [5.41, 5.74) is -0.813. The van der Waals surface area contributed by atoms with Gasteiger partial charge in [0.05, 0.1) is 4.92 Å². The van der Waals surface area contributed by atoms with E-state index in [0.29, 0.717) is 16.3 Å². The van der Waals surface area contributed by atoms with Crippen molar-refractivity contribution in [1.82, 2.24) is 10.2 Å². The fourth-order valence-electron chi connectivity index (χ4n) is 2.80. The first kappa shape index (κ1) is 19.2. The molecule has 0 aliphatic carbocycles. The Morgan fingerprint density at radius 2 is 1.78 bits per heavy atom. The lowest BCUT2D eigenvalue weighted by Crippen LogP contribution is -2.41. The number of thioether (sulfide) groups is 1. The molecule has 0 bridgehead atoms. The minimum absolute atomic E-state index is 0.0738. The highest BCUT2D eigenvalue weighted by atomic mass is 35.5. The van der Waals surface area contributed by atoms with Gasteiger partial charge in [-0.15, -0.1) is 11.8 Å². The summed E-state index contributed by atoms with van der Waals surface area (Å²) in [5, 5.41) is 14.1. The van der Waals surface area contributed by atoms with Gasteiger partial charge in [0.25, 0.3) is 11.6 Å². The van der Waals surface area contributed by atoms with E-state index in [9.17, 15) is 19.7 Å². The molecule has 0 unspecified atom stereocenters. The summed E-state index contributed by atoms with van der Waals surface area (Å²) in [6, 6.07) is 12.5. The molecule has 0 spiro atoms. The molecule has 3 amide bonds. The number of rotatable bonds is 6. The van der Waals surface area contributed by atoms with Crippen LogP contribution in [0, 0.1) is 10.1 Å². The molecule has 140 valence electrons. The number of nitrogens with one attached hydrogen (secondary N) is 1. The Hall–Kier alpha value is -2.58. The molecule has 0 radical (unpaired) electrons. The molecule has 1 heterocycles. The van der Waals surface area contributed by atoms with Crippen LogP contribution in [0.2, 0.25) is 5.02 Å². The van der Waals surface area contributed by atoms with Gasteiger partial charge in [0, 0.05) is 34.3 Å². The predicted molar refractivity (Wildman–Crippen MR) is 103 cm³/mol. The molecular weight excluding hydrogens is 390 g/mol. The smallest absolute Gasteiger partial charge is 0.319 e. The number of imide groups is 1. The van der Waals surface area contributed by atoms with Crippen LogP contribution < -0.4 is 5.32 Å². The molecule has 3 rings (SSSR count). The molecule has 7 nitrogen and oxygen atoms in total. The fraction of sp³-hybridized carbons (Fsp3) is 0.222. The van der Waals surface area contributed by atoms with Gasteiger partial charge >= 0.3 is 6.03 Å². The third-order valence-corrected chi connectivity index (χ3v) is 5.57. The molecular formula is C18H16ClN3O4S. The van der Waals surface area contributed by atoms with Crippen molar-refractivity contribution in [3.63, 3.8) is 0 Å². The SMILES string of the molecule is C[C@@]1(c2ccc([N+](=O)[O-])cc2)NC(=O)N(CCSc2ccc(Cl)cc2)C1=O. The highest BCUT2D eigenvalue weighted by Gasteiger charge is 2.48. The maximum atomic E-state index is 12.8. The number of halogens is 1. The maximum Gasteiger partial charge on any atom is 0.325 e. The van der Waals surface area contributed by atoms with E-state index in [2.05, 4.69) is 5.32 Å². The Labute approximate surface area is 164 Å². The number of hydrogen-bond donors (Lipinski definition) is 1. The summed E-state index contributed by atoms with van der Waals surface area (Å²) in [4.78, 5) is 37.6. The first-order valence-electron chi connectivity index (χ1n) is 8.08. The van der Waals surface area contributed by atoms with Crippen molar-refractivity contribution >= 4 is 41.0 Å². The van der Waals surface area contributed by atoms with E-state index < -0.39 is 16.5 Å². The van der Waals surface area contributed by atoms with E-state index >= 15 is 0 Å². The van der Waals surface area contributed by atoms with Gasteiger partial charge in [-0.1, -0.05) is 11.6 Å². The Morgan fingerprint density at radius 3 is 2.37 bits per heavy atom. The number of hydrogen-bond acceptors (Lipinski definition) is 5. The number of amides is 3. The third-order valence-electron chi connectivity index (χ3n) is 4.33. The van der Waals surface area contributed by atoms with Crippen LogP contribution in [0.25, 0.3) is 0 Å². The second-order valence-corrected chi connectivity index (χ2v) is 7.72. The molecule has 1 aliphatic heterocycles. The quantitative estimate of drug-likeness (QED) is 0.341. The van der Waals surface area contributed by atoms with Crippen LogP contribution in [0.15, 0.2) is 53.4 Å². The van der Waals surface area contributed by atoms with Crippen LogP contribution >= 0.6 is 23.4 Å². The van der Waals surface area contributed by atoms with Crippen molar-refractivity contribution < 1.29 is 14.5 Å². The standard InChI is InChI=1S/C18H16ClN3O4S/c1-18(12-2-6-14(7-3-12)22(25)26)16(23)21(17(24)20-18)10-11-27-15-8-4-13(19)5-9-15/h2-9H,10-11H2,1H3,(H,20,24)/t18-/m0/s1. The maximum absolute atomic E-state index is 12.8. The van der Waals surface area contributed by atoms with Gasteiger partial charge in [0.1, 0.15) is 5.54 Å². The lowest BCUT2D eigenvalue weighted by Gasteiger charge is -2.22. The minimum Gasteiger partial charge on any atom is -0.319 e. The van der Waals surface area contributed by atoms with E-state index in [-0.39, 0.29) is 18.1 Å². The van der Waals surface area contributed by atoms with Gasteiger partial charge in [-0.2, -0.15) is 0 Å². The van der Waals surface area contributed by atoms with Crippen molar-refractivity contribution in [3.05, 3.63) is 69.2 Å². The van der Waals surface area contributed by atoms with Gasteiger partial charge in [0.2, 0.25) is 0 Å². The Balaban J connectivity index is 1.68. The minimum atomic E-state index is -1.24. The summed E-state index contributed by atoms with van der Waals surface area (Å²) in [5.74, 6) is 0.162. The van der Waals surface area contributed by atoms with Crippen LogP contribution in [0.3, 0.4) is 0 Å². The second kappa shape index (κ2) is 7.58. The average molecular weight is 406 g/mol. The Morgan fingerprint density at radius 1 is 1.15 bits per heavy atom. The van der Waals surface area contributed by atoms with Crippen LogP contribution in [0.4, 0.5) is 10.5 Å². The van der Waals surface area contributed by atoms with Crippen LogP contribution in [-0.2, 0) is 10.3 Å². The van der Waals surface area contributed by atoms with Gasteiger partial charge in [0.15, 0.2) is 0 Å². The average Bonchev–Trinajstić information content (AvgIpc) is 2.87. The van der Waals surface area contributed by atoms with E-state index in [1.54, 1.807) is 19.1 Å². The lowest BCUT2D eigenvalue weighted by atomic mass is 9.92. The van der Waals surface area contributed by atoms with E-state index in [4.69, 9.17) is 11.6 Å². The third kappa shape index (κ3) is 3.91. The van der Waals surface area contributed by atoms with Gasteiger partial charge < -0.3 is 5.32 Å². The highest BCUT2D eigenvalue weighted by molar-refractivity contribution is 7.99. The number of nitro benzene ring substituents is 1. The van der Waals surface area contributed by atoms with E-state index in [1.807, 2.05) is 12.1 Å². The van der Waals surface area contributed by atoms with Crippen molar-refractivity contribution in [2.75, 3.05) is 12.3 Å². The molecule has 0 saturated carbocycles. The molecule has 1 aliphatic rings. The molecule has 9 heteroatoms.